The van der Waals surface area contributed by atoms with Gasteiger partial charge in [-0.25, -0.2) is 0 Å². The molecular formula is C17H24N2S. The van der Waals surface area contributed by atoms with Gasteiger partial charge < -0.3 is 11.1 Å². The van der Waals surface area contributed by atoms with Crippen LogP contribution < -0.4 is 11.1 Å². The highest BCUT2D eigenvalue weighted by molar-refractivity contribution is 7.19. The fourth-order valence-corrected chi connectivity index (χ4v) is 4.60. The van der Waals surface area contributed by atoms with Crippen molar-refractivity contribution in [3.8, 4) is 0 Å². The van der Waals surface area contributed by atoms with Crippen molar-refractivity contribution >= 4 is 21.4 Å². The number of hydrogen-bond donors (Lipinski definition) is 2. The highest BCUT2D eigenvalue weighted by Crippen LogP contribution is 2.42. The van der Waals surface area contributed by atoms with Crippen LogP contribution in [0.15, 0.2) is 30.3 Å². The molecule has 20 heavy (non-hydrogen) atoms. The normalized spacial score (nSPS) is 18.4. The molecule has 0 saturated heterocycles. The van der Waals surface area contributed by atoms with Crippen LogP contribution >= 0.6 is 11.3 Å². The van der Waals surface area contributed by atoms with Gasteiger partial charge in [0.15, 0.2) is 0 Å². The average Bonchev–Trinajstić information content (AvgIpc) is 2.93. The van der Waals surface area contributed by atoms with Gasteiger partial charge in [-0.1, -0.05) is 37.5 Å². The van der Waals surface area contributed by atoms with Crippen molar-refractivity contribution in [1.29, 1.82) is 0 Å². The van der Waals surface area contributed by atoms with Crippen LogP contribution in [0.1, 0.15) is 43.4 Å². The van der Waals surface area contributed by atoms with E-state index >= 15 is 0 Å². The van der Waals surface area contributed by atoms with Crippen molar-refractivity contribution in [2.45, 2.75) is 44.1 Å². The van der Waals surface area contributed by atoms with Crippen molar-refractivity contribution in [2.75, 3.05) is 13.1 Å². The Hall–Kier alpha value is -0.900. The third-order valence-corrected chi connectivity index (χ3v) is 5.77. The molecule has 0 atom stereocenters. The summed E-state index contributed by atoms with van der Waals surface area (Å²) in [5, 5.41) is 5.23. The number of hydrogen-bond acceptors (Lipinski definition) is 3. The zero-order chi connectivity index (χ0) is 13.8. The lowest BCUT2D eigenvalue weighted by Crippen LogP contribution is -2.44. The predicted molar refractivity (Wildman–Crippen MR) is 88.3 cm³/mol. The van der Waals surface area contributed by atoms with Gasteiger partial charge in [0.25, 0.3) is 0 Å². The van der Waals surface area contributed by atoms with Gasteiger partial charge >= 0.3 is 0 Å². The van der Waals surface area contributed by atoms with Crippen molar-refractivity contribution in [2.24, 2.45) is 5.73 Å². The lowest BCUT2D eigenvalue weighted by atomic mass is 9.80. The molecule has 1 aromatic heterocycles. The second kappa shape index (κ2) is 6.25. The van der Waals surface area contributed by atoms with E-state index in [1.807, 2.05) is 11.3 Å². The van der Waals surface area contributed by atoms with Crippen LogP contribution in [0, 0.1) is 0 Å². The highest BCUT2D eigenvalue weighted by Gasteiger charge is 2.34. The molecule has 108 valence electrons. The number of fused-ring (bicyclic) bond motifs is 1. The molecule has 0 radical (unpaired) electrons. The summed E-state index contributed by atoms with van der Waals surface area (Å²) in [6.45, 7) is 1.81. The second-order valence-corrected chi connectivity index (χ2v) is 6.94. The average molecular weight is 288 g/mol. The fraction of sp³-hybridized carbons (Fsp3) is 0.529. The maximum atomic E-state index is 5.65. The SMILES string of the molecule is NCCCNC1(c2cc3ccccc3s2)CCCCC1. The highest BCUT2D eigenvalue weighted by atomic mass is 32.1. The molecule has 1 aromatic carbocycles. The molecule has 0 unspecified atom stereocenters. The van der Waals surface area contributed by atoms with E-state index in [1.54, 1.807) is 0 Å². The zero-order valence-electron chi connectivity index (χ0n) is 12.0. The smallest absolute Gasteiger partial charge is 0.0529 e. The Morgan fingerprint density at radius 2 is 1.95 bits per heavy atom. The molecule has 0 spiro atoms. The predicted octanol–water partition coefficient (Wildman–Crippen LogP) is 4.00. The minimum atomic E-state index is 0.205. The standard InChI is InChI=1S/C17H24N2S/c18-11-6-12-19-17(9-4-1-5-10-17)16-13-14-7-2-3-8-15(14)20-16/h2-3,7-8,13,19H,1,4-6,9-12,18H2. The second-order valence-electron chi connectivity index (χ2n) is 5.86. The topological polar surface area (TPSA) is 38.0 Å². The Bertz CT molecular complexity index is 522. The third kappa shape index (κ3) is 2.76. The van der Waals surface area contributed by atoms with Gasteiger partial charge in [0.05, 0.1) is 5.54 Å². The largest absolute Gasteiger partial charge is 0.330 e. The first kappa shape index (κ1) is 14.1. The van der Waals surface area contributed by atoms with Crippen LogP contribution in [0.2, 0.25) is 0 Å². The van der Waals surface area contributed by atoms with E-state index < -0.39 is 0 Å². The van der Waals surface area contributed by atoms with Gasteiger partial charge in [0.1, 0.15) is 0 Å². The van der Waals surface area contributed by atoms with Crippen molar-refractivity contribution in [3.05, 3.63) is 35.2 Å². The van der Waals surface area contributed by atoms with Crippen LogP contribution in [0.4, 0.5) is 0 Å². The van der Waals surface area contributed by atoms with Crippen LogP contribution in [0.3, 0.4) is 0 Å². The number of thiophene rings is 1. The number of nitrogens with one attached hydrogen (secondary N) is 1. The minimum Gasteiger partial charge on any atom is -0.330 e. The molecule has 1 aliphatic rings. The van der Waals surface area contributed by atoms with Gasteiger partial charge in [-0.05, 0) is 49.9 Å². The summed E-state index contributed by atoms with van der Waals surface area (Å²) in [6, 6.07) is 11.1. The maximum absolute atomic E-state index is 5.65. The van der Waals surface area contributed by atoms with Gasteiger partial charge in [0, 0.05) is 9.58 Å². The van der Waals surface area contributed by atoms with E-state index in [0.29, 0.717) is 0 Å². The zero-order valence-corrected chi connectivity index (χ0v) is 12.8. The quantitative estimate of drug-likeness (QED) is 0.816. The van der Waals surface area contributed by atoms with Crippen LogP contribution in [0.5, 0.6) is 0 Å². The molecular weight excluding hydrogens is 264 g/mol. The molecule has 1 heterocycles. The summed E-state index contributed by atoms with van der Waals surface area (Å²) >= 11 is 1.97. The molecule has 2 nitrogen and oxygen atoms in total. The van der Waals surface area contributed by atoms with Crippen LogP contribution in [-0.2, 0) is 5.54 Å². The fourth-order valence-electron chi connectivity index (χ4n) is 3.31. The first-order chi connectivity index (χ1) is 9.84. The van der Waals surface area contributed by atoms with E-state index in [0.717, 1.165) is 19.5 Å². The molecule has 0 aliphatic heterocycles. The molecule has 1 fully saturated rings. The molecule has 3 heteroatoms. The van der Waals surface area contributed by atoms with Crippen LogP contribution in [0.25, 0.3) is 10.1 Å². The number of nitrogens with two attached hydrogens (primary N) is 1. The molecule has 2 aromatic rings. The Balaban J connectivity index is 1.90. The lowest BCUT2D eigenvalue weighted by molar-refractivity contribution is 0.239. The molecule has 1 saturated carbocycles. The van der Waals surface area contributed by atoms with Gasteiger partial charge in [-0.15, -0.1) is 11.3 Å². The van der Waals surface area contributed by atoms with Crippen LogP contribution in [-0.4, -0.2) is 13.1 Å². The van der Waals surface area contributed by atoms with Gasteiger partial charge in [0.2, 0.25) is 0 Å². The molecule has 0 amide bonds. The molecule has 0 bridgehead atoms. The summed E-state index contributed by atoms with van der Waals surface area (Å²) in [5.74, 6) is 0. The first-order valence-electron chi connectivity index (χ1n) is 7.78. The summed E-state index contributed by atoms with van der Waals surface area (Å²) in [4.78, 5) is 1.52. The minimum absolute atomic E-state index is 0.205. The van der Waals surface area contributed by atoms with E-state index in [1.165, 1.54) is 47.1 Å². The van der Waals surface area contributed by atoms with Gasteiger partial charge in [-0.3, -0.25) is 0 Å². The Morgan fingerprint density at radius 3 is 2.70 bits per heavy atom. The number of benzene rings is 1. The van der Waals surface area contributed by atoms with E-state index in [2.05, 4.69) is 35.6 Å². The summed E-state index contributed by atoms with van der Waals surface area (Å²) in [6.07, 6.45) is 7.65. The van der Waals surface area contributed by atoms with Crippen molar-refractivity contribution in [1.82, 2.24) is 5.32 Å². The molecule has 3 rings (SSSR count). The van der Waals surface area contributed by atoms with Gasteiger partial charge in [-0.2, -0.15) is 0 Å². The summed E-state index contributed by atoms with van der Waals surface area (Å²) in [5.41, 5.74) is 5.86. The Kier molecular flexibility index (Phi) is 4.39. The number of rotatable bonds is 5. The molecule has 3 N–H and O–H groups in total. The maximum Gasteiger partial charge on any atom is 0.0529 e. The monoisotopic (exact) mass is 288 g/mol. The first-order valence-corrected chi connectivity index (χ1v) is 8.60. The third-order valence-electron chi connectivity index (χ3n) is 4.45. The van der Waals surface area contributed by atoms with E-state index in [4.69, 9.17) is 5.73 Å². The molecule has 1 aliphatic carbocycles. The van der Waals surface area contributed by atoms with E-state index in [9.17, 15) is 0 Å². The summed E-state index contributed by atoms with van der Waals surface area (Å²) in [7, 11) is 0. The van der Waals surface area contributed by atoms with Crippen molar-refractivity contribution < 1.29 is 0 Å². The van der Waals surface area contributed by atoms with Crippen molar-refractivity contribution in [3.63, 3.8) is 0 Å². The lowest BCUT2D eigenvalue weighted by Gasteiger charge is -2.38. The Labute approximate surface area is 125 Å². The van der Waals surface area contributed by atoms with E-state index in [-0.39, 0.29) is 5.54 Å². The summed E-state index contributed by atoms with van der Waals surface area (Å²) < 4.78 is 1.41. The Morgan fingerprint density at radius 1 is 1.15 bits per heavy atom.